The fourth-order valence-corrected chi connectivity index (χ4v) is 3.48. The molecule has 0 aromatic heterocycles. The Labute approximate surface area is 107 Å². The fourth-order valence-electron chi connectivity index (χ4n) is 3.48. The van der Waals surface area contributed by atoms with Crippen LogP contribution in [-0.2, 0) is 0 Å². The van der Waals surface area contributed by atoms with Crippen LogP contribution in [0.15, 0.2) is 0 Å². The molecule has 2 aliphatic rings. The first kappa shape index (κ1) is 13.4. The number of rotatable bonds is 3. The summed E-state index contributed by atoms with van der Waals surface area (Å²) in [5.74, 6) is 0. The molecule has 2 unspecified atom stereocenters. The maximum atomic E-state index is 3.80. The highest BCUT2D eigenvalue weighted by Crippen LogP contribution is 2.35. The average molecular weight is 238 g/mol. The molecule has 100 valence electrons. The van der Waals surface area contributed by atoms with Crippen molar-refractivity contribution >= 4 is 0 Å². The number of hydrogen-bond donors (Lipinski definition) is 1. The molecule has 2 nitrogen and oxygen atoms in total. The van der Waals surface area contributed by atoms with Gasteiger partial charge in [-0.25, -0.2) is 0 Å². The molecule has 2 fully saturated rings. The van der Waals surface area contributed by atoms with E-state index in [-0.39, 0.29) is 0 Å². The Morgan fingerprint density at radius 1 is 1.12 bits per heavy atom. The van der Waals surface area contributed by atoms with Crippen LogP contribution in [0, 0.1) is 0 Å². The summed E-state index contributed by atoms with van der Waals surface area (Å²) in [4.78, 5) is 2.85. The third-order valence-electron chi connectivity index (χ3n) is 5.42. The van der Waals surface area contributed by atoms with Crippen LogP contribution in [0.3, 0.4) is 0 Å². The van der Waals surface area contributed by atoms with Crippen molar-refractivity contribution in [2.24, 2.45) is 0 Å². The zero-order valence-electron chi connectivity index (χ0n) is 12.2. The molecular weight excluding hydrogens is 208 g/mol. The van der Waals surface area contributed by atoms with Crippen molar-refractivity contribution in [3.63, 3.8) is 0 Å². The number of piperazine rings is 1. The Morgan fingerprint density at radius 2 is 1.76 bits per heavy atom. The topological polar surface area (TPSA) is 15.3 Å². The van der Waals surface area contributed by atoms with Gasteiger partial charge in [-0.2, -0.15) is 0 Å². The van der Waals surface area contributed by atoms with Gasteiger partial charge in [0.15, 0.2) is 0 Å². The van der Waals surface area contributed by atoms with Crippen molar-refractivity contribution in [1.29, 1.82) is 0 Å². The molecule has 2 heteroatoms. The molecule has 0 aromatic rings. The van der Waals surface area contributed by atoms with Crippen molar-refractivity contribution in [2.75, 3.05) is 13.1 Å². The van der Waals surface area contributed by atoms with E-state index < -0.39 is 0 Å². The smallest absolute Gasteiger partial charge is 0.0307 e. The maximum absolute atomic E-state index is 3.80. The molecule has 1 aliphatic carbocycles. The van der Waals surface area contributed by atoms with Crippen molar-refractivity contribution < 1.29 is 0 Å². The lowest BCUT2D eigenvalue weighted by molar-refractivity contribution is -0.0146. The van der Waals surface area contributed by atoms with E-state index in [0.717, 1.165) is 12.6 Å². The second-order valence-corrected chi connectivity index (χ2v) is 6.68. The second kappa shape index (κ2) is 4.89. The van der Waals surface area contributed by atoms with Gasteiger partial charge < -0.3 is 5.32 Å². The molecule has 17 heavy (non-hydrogen) atoms. The molecule has 1 saturated carbocycles. The van der Waals surface area contributed by atoms with Gasteiger partial charge in [0.2, 0.25) is 0 Å². The minimum absolute atomic E-state index is 0.331. The Hall–Kier alpha value is -0.0800. The third-order valence-corrected chi connectivity index (χ3v) is 5.42. The molecule has 0 amide bonds. The quantitative estimate of drug-likeness (QED) is 0.812. The molecular formula is C15H30N2. The molecule has 0 aromatic carbocycles. The number of nitrogens with zero attached hydrogens (tertiary/aromatic N) is 1. The van der Waals surface area contributed by atoms with Crippen LogP contribution in [0.2, 0.25) is 0 Å². The maximum Gasteiger partial charge on any atom is 0.0307 e. The van der Waals surface area contributed by atoms with Crippen LogP contribution in [0.4, 0.5) is 0 Å². The van der Waals surface area contributed by atoms with E-state index in [1.54, 1.807) is 0 Å². The van der Waals surface area contributed by atoms with E-state index in [9.17, 15) is 0 Å². The molecule has 1 saturated heterocycles. The number of nitrogens with one attached hydrogen (secondary N) is 1. The fraction of sp³-hybridized carbons (Fsp3) is 1.00. The van der Waals surface area contributed by atoms with Gasteiger partial charge >= 0.3 is 0 Å². The van der Waals surface area contributed by atoms with Crippen LogP contribution in [-0.4, -0.2) is 35.1 Å². The first-order valence-corrected chi connectivity index (χ1v) is 7.55. The lowest BCUT2D eigenvalue weighted by Gasteiger charge is -2.54. The minimum atomic E-state index is 0.331. The predicted octanol–water partition coefficient (Wildman–Crippen LogP) is 3.17. The summed E-state index contributed by atoms with van der Waals surface area (Å²) < 4.78 is 0. The zero-order valence-corrected chi connectivity index (χ0v) is 12.2. The molecule has 0 bridgehead atoms. The highest BCUT2D eigenvalue weighted by Gasteiger charge is 2.44. The molecule has 2 atom stereocenters. The average Bonchev–Trinajstić information content (AvgIpc) is 2.86. The monoisotopic (exact) mass is 238 g/mol. The Bertz CT molecular complexity index is 260. The zero-order chi connectivity index (χ0) is 12.5. The second-order valence-electron chi connectivity index (χ2n) is 6.68. The molecule has 0 radical (unpaired) electrons. The summed E-state index contributed by atoms with van der Waals surface area (Å²) in [7, 11) is 0. The largest absolute Gasteiger partial charge is 0.308 e. The Kier molecular flexibility index (Phi) is 3.84. The predicted molar refractivity (Wildman–Crippen MR) is 74.4 cm³/mol. The summed E-state index contributed by atoms with van der Waals surface area (Å²) in [6.45, 7) is 11.9. The van der Waals surface area contributed by atoms with Crippen molar-refractivity contribution in [3.8, 4) is 0 Å². The Balaban J connectivity index is 2.15. The van der Waals surface area contributed by atoms with Gasteiger partial charge in [-0.15, -0.1) is 0 Å². The minimum Gasteiger partial charge on any atom is -0.308 e. The van der Waals surface area contributed by atoms with E-state index in [0.29, 0.717) is 11.1 Å². The molecule has 1 N–H and O–H groups in total. The van der Waals surface area contributed by atoms with E-state index in [1.807, 2.05) is 0 Å². The van der Waals surface area contributed by atoms with Crippen LogP contribution in [0.5, 0.6) is 0 Å². The molecule has 2 rings (SSSR count). The molecule has 0 spiro atoms. The van der Waals surface area contributed by atoms with Crippen molar-refractivity contribution in [2.45, 2.75) is 83.3 Å². The normalized spacial score (nSPS) is 40.9. The Morgan fingerprint density at radius 3 is 2.29 bits per heavy atom. The summed E-state index contributed by atoms with van der Waals surface area (Å²) in [6, 6.07) is 0.855. The van der Waals surface area contributed by atoms with E-state index >= 15 is 0 Å². The summed E-state index contributed by atoms with van der Waals surface area (Å²) in [5, 5.41) is 3.80. The first-order chi connectivity index (χ1) is 8.03. The van der Waals surface area contributed by atoms with Crippen LogP contribution in [0.1, 0.15) is 66.2 Å². The van der Waals surface area contributed by atoms with Crippen LogP contribution < -0.4 is 5.32 Å². The van der Waals surface area contributed by atoms with Crippen LogP contribution >= 0.6 is 0 Å². The van der Waals surface area contributed by atoms with Crippen molar-refractivity contribution in [3.05, 3.63) is 0 Å². The van der Waals surface area contributed by atoms with Gasteiger partial charge in [0.1, 0.15) is 0 Å². The van der Waals surface area contributed by atoms with Gasteiger partial charge in [0.25, 0.3) is 0 Å². The SMILES string of the molecule is CCC1(C)CN(C2CCCC2)C(C)(CC)CN1. The standard InChI is InChI=1S/C15H30N2/c1-5-14(3)12-17(13-9-7-8-10-13)15(4,6-2)11-16-14/h13,16H,5-12H2,1-4H3. The number of hydrogen-bond acceptors (Lipinski definition) is 2. The lowest BCUT2D eigenvalue weighted by Crippen LogP contribution is -2.69. The highest BCUT2D eigenvalue weighted by atomic mass is 15.3. The van der Waals surface area contributed by atoms with Crippen LogP contribution in [0.25, 0.3) is 0 Å². The first-order valence-electron chi connectivity index (χ1n) is 7.55. The summed E-state index contributed by atoms with van der Waals surface area (Å²) in [5.41, 5.74) is 0.709. The van der Waals surface area contributed by atoms with Gasteiger partial charge in [0.05, 0.1) is 0 Å². The van der Waals surface area contributed by atoms with Gasteiger partial charge in [-0.3, -0.25) is 4.90 Å². The summed E-state index contributed by atoms with van der Waals surface area (Å²) in [6.07, 6.45) is 8.23. The third kappa shape index (κ3) is 2.53. The van der Waals surface area contributed by atoms with E-state index in [1.165, 1.54) is 45.1 Å². The van der Waals surface area contributed by atoms with Gasteiger partial charge in [-0.1, -0.05) is 26.7 Å². The lowest BCUT2D eigenvalue weighted by atomic mass is 9.84. The molecule has 1 aliphatic heterocycles. The van der Waals surface area contributed by atoms with E-state index in [2.05, 4.69) is 37.9 Å². The highest BCUT2D eigenvalue weighted by molar-refractivity contribution is 5.03. The van der Waals surface area contributed by atoms with Gasteiger partial charge in [0, 0.05) is 30.2 Å². The van der Waals surface area contributed by atoms with Gasteiger partial charge in [-0.05, 0) is 39.5 Å². The van der Waals surface area contributed by atoms with Crippen molar-refractivity contribution in [1.82, 2.24) is 10.2 Å². The van der Waals surface area contributed by atoms with E-state index in [4.69, 9.17) is 0 Å². The summed E-state index contributed by atoms with van der Waals surface area (Å²) >= 11 is 0. The molecule has 1 heterocycles.